The SMILES string of the molecule is COCc1cc(F)c2nc(Br)nn2c1. The third-order valence-corrected chi connectivity index (χ3v) is 2.07. The number of rotatable bonds is 2. The summed E-state index contributed by atoms with van der Waals surface area (Å²) in [6.07, 6.45) is 1.68. The molecule has 2 heterocycles. The van der Waals surface area contributed by atoms with Crippen LogP contribution in [0.5, 0.6) is 0 Å². The summed E-state index contributed by atoms with van der Waals surface area (Å²) in [6, 6.07) is 1.39. The molecule has 0 aliphatic rings. The van der Waals surface area contributed by atoms with Crippen molar-refractivity contribution >= 4 is 21.6 Å². The van der Waals surface area contributed by atoms with E-state index in [4.69, 9.17) is 4.74 Å². The van der Waals surface area contributed by atoms with E-state index in [1.165, 1.54) is 10.6 Å². The second-order valence-electron chi connectivity index (χ2n) is 2.78. The summed E-state index contributed by atoms with van der Waals surface area (Å²) in [5.41, 5.74) is 0.923. The number of hydrogen-bond donors (Lipinski definition) is 0. The van der Waals surface area contributed by atoms with Gasteiger partial charge in [0, 0.05) is 13.3 Å². The molecule has 0 amide bonds. The molecule has 0 bridgehead atoms. The second kappa shape index (κ2) is 3.62. The summed E-state index contributed by atoms with van der Waals surface area (Å²) in [5.74, 6) is -0.405. The zero-order chi connectivity index (χ0) is 10.1. The minimum Gasteiger partial charge on any atom is -0.380 e. The van der Waals surface area contributed by atoms with Crippen LogP contribution in [0.1, 0.15) is 5.56 Å². The van der Waals surface area contributed by atoms with Crippen LogP contribution in [-0.2, 0) is 11.3 Å². The Morgan fingerprint density at radius 1 is 1.64 bits per heavy atom. The second-order valence-corrected chi connectivity index (χ2v) is 3.49. The monoisotopic (exact) mass is 259 g/mol. The molecule has 2 aromatic heterocycles. The molecule has 14 heavy (non-hydrogen) atoms. The van der Waals surface area contributed by atoms with E-state index in [2.05, 4.69) is 26.0 Å². The smallest absolute Gasteiger partial charge is 0.218 e. The lowest BCUT2D eigenvalue weighted by molar-refractivity contribution is 0.184. The maximum atomic E-state index is 13.4. The number of fused-ring (bicyclic) bond motifs is 1. The predicted octanol–water partition coefficient (Wildman–Crippen LogP) is 1.78. The fraction of sp³-hybridized carbons (Fsp3) is 0.250. The molecule has 0 aliphatic heterocycles. The normalized spacial score (nSPS) is 11.1. The Morgan fingerprint density at radius 2 is 2.43 bits per heavy atom. The first-order chi connectivity index (χ1) is 6.70. The van der Waals surface area contributed by atoms with E-state index in [1.54, 1.807) is 13.3 Å². The maximum absolute atomic E-state index is 13.4. The first-order valence-electron chi connectivity index (χ1n) is 3.90. The quantitative estimate of drug-likeness (QED) is 0.826. The van der Waals surface area contributed by atoms with Gasteiger partial charge < -0.3 is 4.74 Å². The Balaban J connectivity index is 2.59. The topological polar surface area (TPSA) is 39.4 Å². The van der Waals surface area contributed by atoms with Gasteiger partial charge in [-0.05, 0) is 27.6 Å². The van der Waals surface area contributed by atoms with Crippen molar-refractivity contribution in [3.05, 3.63) is 28.4 Å². The van der Waals surface area contributed by atoms with Crippen LogP contribution in [0.25, 0.3) is 5.65 Å². The summed E-state index contributed by atoms with van der Waals surface area (Å²) < 4.78 is 20.0. The Bertz CT molecular complexity index is 471. The van der Waals surface area contributed by atoms with Crippen LogP contribution >= 0.6 is 15.9 Å². The van der Waals surface area contributed by atoms with Crippen molar-refractivity contribution in [3.8, 4) is 0 Å². The van der Waals surface area contributed by atoms with Crippen LogP contribution in [-0.4, -0.2) is 21.7 Å². The summed E-state index contributed by atoms with van der Waals surface area (Å²) in [6.45, 7) is 0.352. The molecule has 0 saturated carbocycles. The third kappa shape index (κ3) is 1.62. The van der Waals surface area contributed by atoms with Gasteiger partial charge in [-0.15, -0.1) is 5.10 Å². The van der Waals surface area contributed by atoms with Crippen LogP contribution < -0.4 is 0 Å². The van der Waals surface area contributed by atoms with Crippen molar-refractivity contribution < 1.29 is 9.13 Å². The highest BCUT2D eigenvalue weighted by molar-refractivity contribution is 9.10. The maximum Gasteiger partial charge on any atom is 0.218 e. The van der Waals surface area contributed by atoms with Gasteiger partial charge in [-0.2, -0.15) is 4.98 Å². The Morgan fingerprint density at radius 3 is 3.14 bits per heavy atom. The lowest BCUT2D eigenvalue weighted by Gasteiger charge is -2.00. The van der Waals surface area contributed by atoms with Crippen molar-refractivity contribution in [1.29, 1.82) is 0 Å². The average Bonchev–Trinajstić information content (AvgIpc) is 2.47. The molecule has 0 atom stereocenters. The summed E-state index contributed by atoms with van der Waals surface area (Å²) >= 11 is 3.08. The molecular weight excluding hydrogens is 253 g/mol. The fourth-order valence-corrected chi connectivity index (χ4v) is 1.56. The highest BCUT2D eigenvalue weighted by Gasteiger charge is 2.08. The summed E-state index contributed by atoms with van der Waals surface area (Å²) in [5, 5.41) is 3.94. The third-order valence-electron chi connectivity index (χ3n) is 1.73. The number of pyridine rings is 1. The van der Waals surface area contributed by atoms with E-state index in [1.807, 2.05) is 0 Å². The van der Waals surface area contributed by atoms with Gasteiger partial charge in [0.15, 0.2) is 11.5 Å². The fourth-order valence-electron chi connectivity index (χ4n) is 1.22. The molecule has 6 heteroatoms. The molecule has 0 aromatic carbocycles. The first kappa shape index (κ1) is 9.54. The lowest BCUT2D eigenvalue weighted by atomic mass is 10.3. The molecule has 0 N–H and O–H groups in total. The van der Waals surface area contributed by atoms with Gasteiger partial charge in [-0.25, -0.2) is 8.91 Å². The highest BCUT2D eigenvalue weighted by atomic mass is 79.9. The van der Waals surface area contributed by atoms with Gasteiger partial charge in [0.05, 0.1) is 6.61 Å². The van der Waals surface area contributed by atoms with E-state index in [0.29, 0.717) is 11.3 Å². The van der Waals surface area contributed by atoms with Crippen molar-refractivity contribution in [2.45, 2.75) is 6.61 Å². The van der Waals surface area contributed by atoms with Crippen molar-refractivity contribution in [2.75, 3.05) is 7.11 Å². The van der Waals surface area contributed by atoms with E-state index in [0.717, 1.165) is 5.56 Å². The molecule has 2 aromatic rings. The van der Waals surface area contributed by atoms with E-state index in [9.17, 15) is 4.39 Å². The predicted molar refractivity (Wildman–Crippen MR) is 51.4 cm³/mol. The van der Waals surface area contributed by atoms with Crippen molar-refractivity contribution in [1.82, 2.24) is 14.6 Å². The number of ether oxygens (including phenoxy) is 1. The lowest BCUT2D eigenvalue weighted by Crippen LogP contribution is -1.96. The molecule has 0 fully saturated rings. The van der Waals surface area contributed by atoms with Gasteiger partial charge in [-0.3, -0.25) is 0 Å². The van der Waals surface area contributed by atoms with Crippen LogP contribution in [0.3, 0.4) is 0 Å². The Kier molecular flexibility index (Phi) is 2.47. The van der Waals surface area contributed by atoms with Crippen LogP contribution in [0.15, 0.2) is 17.0 Å². The highest BCUT2D eigenvalue weighted by Crippen LogP contribution is 2.13. The largest absolute Gasteiger partial charge is 0.380 e. The number of nitrogens with zero attached hydrogens (tertiary/aromatic N) is 3. The number of aromatic nitrogens is 3. The molecular formula is C8H7BrFN3O. The Hall–Kier alpha value is -1.01. The van der Waals surface area contributed by atoms with Gasteiger partial charge in [0.2, 0.25) is 4.73 Å². The molecule has 0 spiro atoms. The Labute approximate surface area is 87.8 Å². The van der Waals surface area contributed by atoms with E-state index in [-0.39, 0.29) is 5.65 Å². The van der Waals surface area contributed by atoms with Gasteiger partial charge in [-0.1, -0.05) is 0 Å². The van der Waals surface area contributed by atoms with Crippen molar-refractivity contribution in [3.63, 3.8) is 0 Å². The van der Waals surface area contributed by atoms with Gasteiger partial charge >= 0.3 is 0 Å². The molecule has 0 aliphatic carbocycles. The van der Waals surface area contributed by atoms with Gasteiger partial charge in [0.1, 0.15) is 0 Å². The molecule has 74 valence electrons. The minimum absolute atomic E-state index is 0.205. The molecule has 0 unspecified atom stereocenters. The van der Waals surface area contributed by atoms with Crippen LogP contribution in [0.4, 0.5) is 4.39 Å². The molecule has 0 saturated heterocycles. The molecule has 2 rings (SSSR count). The van der Waals surface area contributed by atoms with Crippen LogP contribution in [0.2, 0.25) is 0 Å². The number of hydrogen-bond acceptors (Lipinski definition) is 3. The summed E-state index contributed by atoms with van der Waals surface area (Å²) in [4.78, 5) is 3.87. The first-order valence-corrected chi connectivity index (χ1v) is 4.69. The van der Waals surface area contributed by atoms with Gasteiger partial charge in [0.25, 0.3) is 0 Å². The average molecular weight is 260 g/mol. The summed E-state index contributed by atoms with van der Waals surface area (Å²) in [7, 11) is 1.55. The zero-order valence-electron chi connectivity index (χ0n) is 7.37. The molecule has 0 radical (unpaired) electrons. The van der Waals surface area contributed by atoms with E-state index < -0.39 is 5.82 Å². The number of halogens is 2. The minimum atomic E-state index is -0.405. The standard InChI is InChI=1S/C8H7BrFN3O/c1-14-4-5-2-6(10)7-11-8(9)12-13(7)3-5/h2-3H,4H2,1H3. The zero-order valence-corrected chi connectivity index (χ0v) is 8.95. The number of methoxy groups -OCH3 is 1. The van der Waals surface area contributed by atoms with Crippen LogP contribution in [0, 0.1) is 5.82 Å². The van der Waals surface area contributed by atoms with Crippen molar-refractivity contribution in [2.24, 2.45) is 0 Å². The van der Waals surface area contributed by atoms with E-state index >= 15 is 0 Å². The molecule has 4 nitrogen and oxygen atoms in total.